The van der Waals surface area contributed by atoms with Gasteiger partial charge in [-0.15, -0.1) is 0 Å². The molecule has 1 aliphatic rings. The van der Waals surface area contributed by atoms with Crippen molar-refractivity contribution in [1.29, 1.82) is 0 Å². The minimum Gasteiger partial charge on any atom is -0.444 e. The molecule has 2 rings (SSSR count). The summed E-state index contributed by atoms with van der Waals surface area (Å²) >= 11 is 1.44. The molecule has 1 aromatic rings. The van der Waals surface area contributed by atoms with E-state index in [1.807, 2.05) is 34.6 Å². The first-order valence-electron chi connectivity index (χ1n) is 7.79. The first kappa shape index (κ1) is 17.0. The van der Waals surface area contributed by atoms with Gasteiger partial charge in [-0.05, 0) is 53.4 Å². The normalized spacial score (nSPS) is 20.6. The second-order valence-corrected chi connectivity index (χ2v) is 7.64. The lowest BCUT2D eigenvalue weighted by Crippen LogP contribution is -2.47. The van der Waals surface area contributed by atoms with Crippen LogP contribution in [0.1, 0.15) is 46.4 Å². The van der Waals surface area contributed by atoms with Crippen LogP contribution in [0.15, 0.2) is 0 Å². The quantitative estimate of drug-likeness (QED) is 0.925. The number of rotatable bonds is 3. The van der Waals surface area contributed by atoms with Crippen molar-refractivity contribution in [3.8, 4) is 0 Å². The van der Waals surface area contributed by atoms with Crippen LogP contribution in [-0.4, -0.2) is 40.2 Å². The predicted octanol–water partition coefficient (Wildman–Crippen LogP) is 2.98. The number of amides is 1. The molecule has 0 spiro atoms. The van der Waals surface area contributed by atoms with Gasteiger partial charge in [0.15, 0.2) is 0 Å². The molecule has 6 nitrogen and oxygen atoms in total. The average molecular weight is 326 g/mol. The van der Waals surface area contributed by atoms with E-state index in [0.29, 0.717) is 5.92 Å². The van der Waals surface area contributed by atoms with Crippen LogP contribution in [0, 0.1) is 12.8 Å². The molecule has 1 aliphatic heterocycles. The molecule has 2 heterocycles. The van der Waals surface area contributed by atoms with Crippen LogP contribution < -0.4 is 10.2 Å². The topological polar surface area (TPSA) is 67.4 Å². The van der Waals surface area contributed by atoms with Gasteiger partial charge in [0.2, 0.25) is 5.13 Å². The molecule has 0 saturated carbocycles. The number of hydrogen-bond acceptors (Lipinski definition) is 6. The van der Waals surface area contributed by atoms with Gasteiger partial charge in [-0.2, -0.15) is 4.37 Å². The summed E-state index contributed by atoms with van der Waals surface area (Å²) in [6, 6.07) is 0.0756. The fraction of sp³-hybridized carbons (Fsp3) is 0.800. The molecule has 0 radical (unpaired) electrons. The maximum atomic E-state index is 11.9. The Morgan fingerprint density at radius 2 is 2.23 bits per heavy atom. The summed E-state index contributed by atoms with van der Waals surface area (Å²) in [5, 5.41) is 3.94. The zero-order chi connectivity index (χ0) is 16.3. The van der Waals surface area contributed by atoms with Crippen LogP contribution >= 0.6 is 11.5 Å². The van der Waals surface area contributed by atoms with E-state index in [4.69, 9.17) is 4.74 Å². The molecule has 0 bridgehead atoms. The number of nitrogens with zero attached hydrogens (tertiary/aromatic N) is 3. The van der Waals surface area contributed by atoms with E-state index in [-0.39, 0.29) is 12.1 Å². The zero-order valence-electron chi connectivity index (χ0n) is 14.0. The number of piperidine rings is 1. The second-order valence-electron chi connectivity index (χ2n) is 6.91. The maximum Gasteiger partial charge on any atom is 0.407 e. The summed E-state index contributed by atoms with van der Waals surface area (Å²) in [6.45, 7) is 11.5. The van der Waals surface area contributed by atoms with Gasteiger partial charge >= 0.3 is 6.09 Å². The molecule has 2 unspecified atom stereocenters. The third-order valence-electron chi connectivity index (χ3n) is 3.70. The lowest BCUT2D eigenvalue weighted by molar-refractivity contribution is 0.0489. The van der Waals surface area contributed by atoms with Gasteiger partial charge in [0.25, 0.3) is 0 Å². The van der Waals surface area contributed by atoms with Crippen LogP contribution in [0.25, 0.3) is 0 Å². The van der Waals surface area contributed by atoms with Crippen LogP contribution in [0.2, 0.25) is 0 Å². The minimum atomic E-state index is -0.466. The monoisotopic (exact) mass is 326 g/mol. The van der Waals surface area contributed by atoms with Crippen molar-refractivity contribution in [2.24, 2.45) is 5.92 Å². The highest BCUT2D eigenvalue weighted by molar-refractivity contribution is 7.09. The second kappa shape index (κ2) is 6.81. The highest BCUT2D eigenvalue weighted by atomic mass is 32.1. The van der Waals surface area contributed by atoms with Crippen molar-refractivity contribution < 1.29 is 9.53 Å². The van der Waals surface area contributed by atoms with Crippen molar-refractivity contribution in [1.82, 2.24) is 14.7 Å². The van der Waals surface area contributed by atoms with E-state index in [1.54, 1.807) is 0 Å². The number of carbonyl (C=O) groups is 1. The fourth-order valence-corrected chi connectivity index (χ4v) is 3.33. The summed E-state index contributed by atoms with van der Waals surface area (Å²) in [5.74, 6) is 1.22. The van der Waals surface area contributed by atoms with Gasteiger partial charge in [0, 0.05) is 30.7 Å². The summed E-state index contributed by atoms with van der Waals surface area (Å²) in [4.78, 5) is 18.6. The standard InChI is InChI=1S/C15H26N4O2S/c1-10(16-14(20)21-15(3,4)5)12-7-6-8-19(9-12)13-17-11(2)18-22-13/h10,12H,6-9H2,1-5H3,(H,16,20). The molecule has 1 saturated heterocycles. The van der Waals surface area contributed by atoms with E-state index >= 15 is 0 Å². The molecule has 7 heteroatoms. The Balaban J connectivity index is 1.90. The first-order valence-corrected chi connectivity index (χ1v) is 8.57. The lowest BCUT2D eigenvalue weighted by atomic mass is 9.92. The van der Waals surface area contributed by atoms with Gasteiger partial charge in [-0.3, -0.25) is 0 Å². The Kier molecular flexibility index (Phi) is 5.26. The van der Waals surface area contributed by atoms with Crippen molar-refractivity contribution in [2.75, 3.05) is 18.0 Å². The highest BCUT2D eigenvalue weighted by Gasteiger charge is 2.28. The third kappa shape index (κ3) is 4.83. The summed E-state index contributed by atoms with van der Waals surface area (Å²) in [5.41, 5.74) is -0.466. The number of aromatic nitrogens is 2. The van der Waals surface area contributed by atoms with Crippen molar-refractivity contribution in [2.45, 2.75) is 59.1 Å². The first-order chi connectivity index (χ1) is 10.2. The number of ether oxygens (including phenoxy) is 1. The molecule has 1 aromatic heterocycles. The Bertz CT molecular complexity index is 512. The number of alkyl carbamates (subject to hydrolysis) is 1. The SMILES string of the molecule is Cc1nsc(N2CCCC(C(C)NC(=O)OC(C)(C)C)C2)n1. The Morgan fingerprint density at radius 1 is 1.50 bits per heavy atom. The van der Waals surface area contributed by atoms with E-state index < -0.39 is 5.60 Å². The van der Waals surface area contributed by atoms with Gasteiger partial charge in [0.1, 0.15) is 11.4 Å². The highest BCUT2D eigenvalue weighted by Crippen LogP contribution is 2.26. The van der Waals surface area contributed by atoms with E-state index in [2.05, 4.69) is 19.6 Å². The molecule has 124 valence electrons. The molecule has 0 aliphatic carbocycles. The zero-order valence-corrected chi connectivity index (χ0v) is 14.9. The molecule has 1 N–H and O–H groups in total. The van der Waals surface area contributed by atoms with Crippen LogP contribution in [-0.2, 0) is 4.74 Å². The van der Waals surface area contributed by atoms with Crippen LogP contribution in [0.5, 0.6) is 0 Å². The Labute approximate surface area is 136 Å². The molecular weight excluding hydrogens is 300 g/mol. The van der Waals surface area contributed by atoms with Crippen molar-refractivity contribution >= 4 is 22.8 Å². The number of anilines is 1. The smallest absolute Gasteiger partial charge is 0.407 e. The number of aryl methyl sites for hydroxylation is 1. The van der Waals surface area contributed by atoms with Crippen molar-refractivity contribution in [3.63, 3.8) is 0 Å². The average Bonchev–Trinajstić information content (AvgIpc) is 2.83. The number of hydrogen-bond donors (Lipinski definition) is 1. The molecule has 2 atom stereocenters. The summed E-state index contributed by atoms with van der Waals surface area (Å²) in [6.07, 6.45) is 1.86. The fourth-order valence-electron chi connectivity index (χ4n) is 2.62. The van der Waals surface area contributed by atoms with Gasteiger partial charge in [-0.25, -0.2) is 9.78 Å². The summed E-state index contributed by atoms with van der Waals surface area (Å²) in [7, 11) is 0. The van der Waals surface area contributed by atoms with Crippen LogP contribution in [0.4, 0.5) is 9.93 Å². The minimum absolute atomic E-state index is 0.0756. The van der Waals surface area contributed by atoms with E-state index in [0.717, 1.165) is 36.9 Å². The van der Waals surface area contributed by atoms with Gasteiger partial charge in [0.05, 0.1) is 0 Å². The number of nitrogens with one attached hydrogen (secondary N) is 1. The van der Waals surface area contributed by atoms with Crippen LogP contribution in [0.3, 0.4) is 0 Å². The summed E-state index contributed by atoms with van der Waals surface area (Å²) < 4.78 is 9.58. The Hall–Kier alpha value is -1.37. The van der Waals surface area contributed by atoms with Crippen molar-refractivity contribution in [3.05, 3.63) is 5.82 Å². The molecule has 1 amide bonds. The molecular formula is C15H26N4O2S. The third-order valence-corrected chi connectivity index (χ3v) is 4.57. The molecule has 1 fully saturated rings. The van der Waals surface area contributed by atoms with E-state index in [1.165, 1.54) is 11.5 Å². The molecule has 0 aromatic carbocycles. The predicted molar refractivity (Wildman–Crippen MR) is 88.4 cm³/mol. The number of carbonyl (C=O) groups excluding carboxylic acids is 1. The van der Waals surface area contributed by atoms with Gasteiger partial charge < -0.3 is 15.0 Å². The van der Waals surface area contributed by atoms with E-state index in [9.17, 15) is 4.79 Å². The largest absolute Gasteiger partial charge is 0.444 e. The maximum absolute atomic E-state index is 11.9. The lowest BCUT2D eigenvalue weighted by Gasteiger charge is -2.35. The Morgan fingerprint density at radius 3 is 2.82 bits per heavy atom. The molecule has 22 heavy (non-hydrogen) atoms. The van der Waals surface area contributed by atoms with Gasteiger partial charge in [-0.1, -0.05) is 0 Å².